The van der Waals surface area contributed by atoms with Gasteiger partial charge in [-0.15, -0.1) is 26.3 Å². The number of ether oxygens (including phenoxy) is 3. The lowest BCUT2D eigenvalue weighted by Gasteiger charge is -2.39. The summed E-state index contributed by atoms with van der Waals surface area (Å²) in [6.45, 7) is -0.974. The number of nitrogens with one attached hydrogen (secondary N) is 1. The van der Waals surface area contributed by atoms with E-state index in [1.807, 2.05) is 0 Å². The number of anilines is 1. The summed E-state index contributed by atoms with van der Waals surface area (Å²) >= 11 is 0.943. The average molecular weight is 757 g/mol. The smallest absolute Gasteiger partial charge is 0.480 e. The molecule has 1 atom stereocenters. The van der Waals surface area contributed by atoms with Gasteiger partial charge in [-0.1, -0.05) is 29.5 Å². The van der Waals surface area contributed by atoms with Crippen LogP contribution in [0.25, 0.3) is 10.3 Å². The molecule has 2 aliphatic rings. The Labute approximate surface area is 281 Å². The fourth-order valence-corrected chi connectivity index (χ4v) is 7.54. The van der Waals surface area contributed by atoms with Gasteiger partial charge in [-0.3, -0.25) is 4.79 Å². The SMILES string of the molecule is COc1nc(C(F)F)nc2nc(N3CCN(S(=O)(=O)C4=CC=C(OC(F)(F)F)C=CC4)[C@@H](C(=O)NCc4ccc(OC(F)(F)F)cc4)C3)sc12. The number of aromatic nitrogens is 3. The molecule has 0 bridgehead atoms. The maximum atomic E-state index is 13.9. The number of carbonyl (C=O) groups is 1. The molecule has 0 radical (unpaired) electrons. The molecular formula is C28H24F8N6O6S2. The van der Waals surface area contributed by atoms with Gasteiger partial charge in [0.25, 0.3) is 6.43 Å². The Kier molecular flexibility index (Phi) is 10.5. The minimum absolute atomic E-state index is 0.0671. The van der Waals surface area contributed by atoms with Gasteiger partial charge in [-0.25, -0.2) is 22.2 Å². The largest absolute Gasteiger partial charge is 0.573 e. The lowest BCUT2D eigenvalue weighted by atomic mass is 10.1. The second kappa shape index (κ2) is 14.3. The van der Waals surface area contributed by atoms with Crippen molar-refractivity contribution < 1.29 is 62.5 Å². The van der Waals surface area contributed by atoms with Crippen LogP contribution in [0.1, 0.15) is 24.2 Å². The van der Waals surface area contributed by atoms with Crippen molar-refractivity contribution in [3.05, 3.63) is 70.6 Å². The molecule has 5 rings (SSSR count). The third-order valence-electron chi connectivity index (χ3n) is 7.05. The second-order valence-corrected chi connectivity index (χ2v) is 13.3. The number of hydrogen-bond acceptors (Lipinski definition) is 11. The first-order valence-corrected chi connectivity index (χ1v) is 16.4. The molecule has 3 aromatic rings. The van der Waals surface area contributed by atoms with Gasteiger partial charge in [0.05, 0.1) is 12.0 Å². The first kappa shape index (κ1) is 36.7. The van der Waals surface area contributed by atoms with Gasteiger partial charge in [0.15, 0.2) is 10.8 Å². The number of nitrogens with zero attached hydrogens (tertiary/aromatic N) is 5. The van der Waals surface area contributed by atoms with Crippen LogP contribution in [0.5, 0.6) is 11.6 Å². The quantitative estimate of drug-likeness (QED) is 0.271. The van der Waals surface area contributed by atoms with Crippen LogP contribution in [0.2, 0.25) is 0 Å². The molecule has 1 amide bonds. The lowest BCUT2D eigenvalue weighted by molar-refractivity contribution is -0.303. The molecule has 1 aromatic carbocycles. The summed E-state index contributed by atoms with van der Waals surface area (Å²) in [6.07, 6.45) is -9.48. The van der Waals surface area contributed by atoms with E-state index in [0.29, 0.717) is 5.56 Å². The lowest BCUT2D eigenvalue weighted by Crippen LogP contribution is -2.60. The summed E-state index contributed by atoms with van der Waals surface area (Å²) in [7, 11) is -3.31. The van der Waals surface area contributed by atoms with Gasteiger partial charge in [-0.05, 0) is 35.9 Å². The number of thiazole rings is 1. The van der Waals surface area contributed by atoms with Crippen LogP contribution in [0.4, 0.5) is 40.3 Å². The van der Waals surface area contributed by atoms with Gasteiger partial charge in [-0.2, -0.15) is 14.3 Å². The van der Waals surface area contributed by atoms with Gasteiger partial charge in [0, 0.05) is 32.6 Å². The summed E-state index contributed by atoms with van der Waals surface area (Å²) in [5, 5.41) is 2.72. The minimum atomic E-state index is -5.03. The third kappa shape index (κ3) is 8.77. The zero-order valence-electron chi connectivity index (χ0n) is 25.3. The van der Waals surface area contributed by atoms with Gasteiger partial charge in [0.2, 0.25) is 27.6 Å². The van der Waals surface area contributed by atoms with E-state index in [9.17, 15) is 48.3 Å². The standard InChI is InChI=1S/C28H24F8N6O6S2/c1-46-25-20-22(38-23(39-25)21(29)30)40-26(49-20)41-11-12-42(50(44,45)18-4-2-3-16(9-10-18)47-27(31,32)33)19(14-41)24(43)37-13-15-5-7-17(8-6-15)48-28(34,35)36/h2-3,5-10,19,21H,4,11-14H2,1H3,(H,37,43)/t19-/m1/s1. The number of piperazine rings is 1. The molecule has 2 aromatic heterocycles. The molecule has 22 heteroatoms. The number of alkyl halides is 8. The van der Waals surface area contributed by atoms with Crippen LogP contribution in [0.3, 0.4) is 0 Å². The number of sulfonamides is 1. The van der Waals surface area contributed by atoms with E-state index in [2.05, 4.69) is 29.7 Å². The fourth-order valence-electron chi connectivity index (χ4n) is 4.87. The molecule has 12 nitrogen and oxygen atoms in total. The number of rotatable bonds is 10. The molecule has 1 fully saturated rings. The van der Waals surface area contributed by atoms with Crippen LogP contribution >= 0.6 is 11.3 Å². The predicted molar refractivity (Wildman–Crippen MR) is 160 cm³/mol. The Morgan fingerprint density at radius 2 is 1.72 bits per heavy atom. The van der Waals surface area contributed by atoms with Crippen molar-refractivity contribution in [1.29, 1.82) is 0 Å². The third-order valence-corrected chi connectivity index (χ3v) is 10.2. The normalized spacial score (nSPS) is 17.7. The highest BCUT2D eigenvalue weighted by atomic mass is 32.2. The zero-order valence-corrected chi connectivity index (χ0v) is 27.0. The Morgan fingerprint density at radius 3 is 2.36 bits per heavy atom. The highest BCUT2D eigenvalue weighted by Crippen LogP contribution is 2.36. The number of methoxy groups -OCH3 is 1. The summed E-state index contributed by atoms with van der Waals surface area (Å²) in [4.78, 5) is 26.6. The van der Waals surface area contributed by atoms with Crippen LogP contribution in [-0.4, -0.2) is 79.1 Å². The van der Waals surface area contributed by atoms with E-state index in [4.69, 9.17) is 4.74 Å². The van der Waals surface area contributed by atoms with E-state index in [0.717, 1.165) is 52.1 Å². The van der Waals surface area contributed by atoms with Crippen LogP contribution < -0.4 is 19.7 Å². The van der Waals surface area contributed by atoms with Crippen LogP contribution in [0, 0.1) is 0 Å². The number of fused-ring (bicyclic) bond motifs is 1. The molecule has 50 heavy (non-hydrogen) atoms. The molecule has 0 unspecified atom stereocenters. The van der Waals surface area contributed by atoms with Crippen molar-refractivity contribution in [2.45, 2.75) is 38.2 Å². The summed E-state index contributed by atoms with van der Waals surface area (Å²) in [5.41, 5.74) is 0.209. The number of allylic oxidation sites excluding steroid dienone is 5. The number of amides is 1. The Balaban J connectivity index is 1.43. The predicted octanol–water partition coefficient (Wildman–Crippen LogP) is 5.33. The average Bonchev–Trinajstić information content (AvgIpc) is 3.34. The number of halogens is 8. The maximum absolute atomic E-state index is 13.9. The number of hydrogen-bond donors (Lipinski definition) is 1. The molecule has 1 aliphatic heterocycles. The molecule has 1 aliphatic carbocycles. The summed E-state index contributed by atoms with van der Waals surface area (Å²) in [5.74, 6) is -3.02. The first-order valence-electron chi connectivity index (χ1n) is 14.2. The zero-order chi connectivity index (χ0) is 36.4. The fraction of sp³-hybridized carbons (Fsp3) is 0.357. The van der Waals surface area contributed by atoms with Crippen LogP contribution in [0.15, 0.2) is 59.2 Å². The highest BCUT2D eigenvalue weighted by molar-refractivity contribution is 7.93. The molecule has 1 saturated heterocycles. The summed E-state index contributed by atoms with van der Waals surface area (Å²) in [6, 6.07) is 3.06. The van der Waals surface area contributed by atoms with E-state index < -0.39 is 58.5 Å². The summed E-state index contributed by atoms with van der Waals surface area (Å²) < 4.78 is 144. The van der Waals surface area contributed by atoms with Crippen molar-refractivity contribution in [2.24, 2.45) is 0 Å². The van der Waals surface area contributed by atoms with E-state index in [1.165, 1.54) is 24.1 Å². The van der Waals surface area contributed by atoms with Gasteiger partial charge >= 0.3 is 12.7 Å². The Hall–Kier alpha value is -4.57. The van der Waals surface area contributed by atoms with Crippen molar-refractivity contribution >= 4 is 42.7 Å². The Bertz CT molecular complexity index is 1930. The van der Waals surface area contributed by atoms with E-state index in [-0.39, 0.29) is 58.9 Å². The van der Waals surface area contributed by atoms with E-state index in [1.54, 1.807) is 0 Å². The Morgan fingerprint density at radius 1 is 1.02 bits per heavy atom. The molecule has 0 saturated carbocycles. The van der Waals surface area contributed by atoms with Crippen molar-refractivity contribution in [3.8, 4) is 11.6 Å². The maximum Gasteiger partial charge on any atom is 0.573 e. The number of benzene rings is 1. The first-order chi connectivity index (χ1) is 23.4. The molecule has 3 heterocycles. The van der Waals surface area contributed by atoms with Crippen molar-refractivity contribution in [3.63, 3.8) is 0 Å². The monoisotopic (exact) mass is 756 g/mol. The van der Waals surface area contributed by atoms with Gasteiger partial charge in [0.1, 0.15) is 22.3 Å². The molecular weight excluding hydrogens is 732 g/mol. The molecule has 0 spiro atoms. The second-order valence-electron chi connectivity index (χ2n) is 10.4. The molecule has 1 N–H and O–H groups in total. The van der Waals surface area contributed by atoms with Crippen molar-refractivity contribution in [2.75, 3.05) is 31.6 Å². The number of carbonyl (C=O) groups excluding carboxylic acids is 1. The van der Waals surface area contributed by atoms with Crippen molar-refractivity contribution in [1.82, 2.24) is 24.6 Å². The van der Waals surface area contributed by atoms with E-state index >= 15 is 0 Å². The minimum Gasteiger partial charge on any atom is -0.480 e. The topological polar surface area (TPSA) is 136 Å². The molecule has 270 valence electrons. The van der Waals surface area contributed by atoms with Crippen LogP contribution in [-0.2, 0) is 26.1 Å². The highest BCUT2D eigenvalue weighted by Gasteiger charge is 2.42. The van der Waals surface area contributed by atoms with Gasteiger partial charge < -0.3 is 24.4 Å².